The summed E-state index contributed by atoms with van der Waals surface area (Å²) in [7, 11) is 0. The van der Waals surface area contributed by atoms with Crippen molar-refractivity contribution in [3.8, 4) is 0 Å². The van der Waals surface area contributed by atoms with E-state index in [9.17, 15) is 0 Å². The Morgan fingerprint density at radius 2 is 1.85 bits per heavy atom. The SMILES string of the molecule is c1ccc(CSc2cnc(Nc3ccccn3)s2)nc1. The molecule has 4 nitrogen and oxygen atoms in total. The monoisotopic (exact) mass is 300 g/mol. The molecule has 0 saturated heterocycles. The number of anilines is 2. The first-order valence-electron chi connectivity index (χ1n) is 6.07. The Labute approximate surface area is 125 Å². The van der Waals surface area contributed by atoms with E-state index in [1.54, 1.807) is 29.3 Å². The Balaban J connectivity index is 1.60. The van der Waals surface area contributed by atoms with Crippen molar-refractivity contribution in [3.05, 3.63) is 60.7 Å². The van der Waals surface area contributed by atoms with E-state index in [1.165, 1.54) is 0 Å². The lowest BCUT2D eigenvalue weighted by Crippen LogP contribution is -1.90. The Morgan fingerprint density at radius 1 is 1.00 bits per heavy atom. The second-order valence-electron chi connectivity index (χ2n) is 3.93. The second kappa shape index (κ2) is 6.49. The van der Waals surface area contributed by atoms with Crippen molar-refractivity contribution in [1.29, 1.82) is 0 Å². The summed E-state index contributed by atoms with van der Waals surface area (Å²) in [5.41, 5.74) is 1.07. The highest BCUT2D eigenvalue weighted by molar-refractivity contribution is 8.00. The third-order valence-electron chi connectivity index (χ3n) is 2.47. The van der Waals surface area contributed by atoms with Gasteiger partial charge >= 0.3 is 0 Å². The number of hydrogen-bond acceptors (Lipinski definition) is 6. The highest BCUT2D eigenvalue weighted by Crippen LogP contribution is 2.31. The topological polar surface area (TPSA) is 50.7 Å². The first kappa shape index (κ1) is 13.1. The van der Waals surface area contributed by atoms with E-state index in [1.807, 2.05) is 48.8 Å². The quantitative estimate of drug-likeness (QED) is 0.723. The predicted molar refractivity (Wildman–Crippen MR) is 83.4 cm³/mol. The van der Waals surface area contributed by atoms with E-state index < -0.39 is 0 Å². The first-order chi connectivity index (χ1) is 9.90. The fourth-order valence-corrected chi connectivity index (χ4v) is 3.35. The van der Waals surface area contributed by atoms with Crippen LogP contribution < -0.4 is 5.32 Å². The first-order valence-corrected chi connectivity index (χ1v) is 7.87. The Bertz CT molecular complexity index is 655. The normalized spacial score (nSPS) is 10.4. The molecule has 3 aromatic rings. The van der Waals surface area contributed by atoms with Crippen LogP contribution >= 0.6 is 23.1 Å². The molecule has 0 aliphatic rings. The Morgan fingerprint density at radius 3 is 2.60 bits per heavy atom. The van der Waals surface area contributed by atoms with Gasteiger partial charge in [0.15, 0.2) is 5.13 Å². The van der Waals surface area contributed by atoms with E-state index in [0.29, 0.717) is 0 Å². The molecule has 0 amide bonds. The fourth-order valence-electron chi connectivity index (χ4n) is 1.56. The van der Waals surface area contributed by atoms with Gasteiger partial charge in [0.1, 0.15) is 5.82 Å². The molecule has 6 heteroatoms. The van der Waals surface area contributed by atoms with Gasteiger partial charge in [-0.1, -0.05) is 23.5 Å². The van der Waals surface area contributed by atoms with Gasteiger partial charge in [0.05, 0.1) is 16.1 Å². The van der Waals surface area contributed by atoms with E-state index >= 15 is 0 Å². The smallest absolute Gasteiger partial charge is 0.189 e. The molecule has 0 fully saturated rings. The van der Waals surface area contributed by atoms with E-state index in [4.69, 9.17) is 0 Å². The second-order valence-corrected chi connectivity index (χ2v) is 6.24. The van der Waals surface area contributed by atoms with Crippen molar-refractivity contribution in [2.75, 3.05) is 5.32 Å². The summed E-state index contributed by atoms with van der Waals surface area (Å²) in [6.07, 6.45) is 5.45. The molecule has 3 aromatic heterocycles. The number of nitrogens with one attached hydrogen (secondary N) is 1. The van der Waals surface area contributed by atoms with Crippen LogP contribution in [0, 0.1) is 0 Å². The van der Waals surface area contributed by atoms with Crippen LogP contribution in [0.15, 0.2) is 59.2 Å². The van der Waals surface area contributed by atoms with Gasteiger partial charge in [-0.2, -0.15) is 0 Å². The maximum atomic E-state index is 4.35. The minimum absolute atomic E-state index is 0.808. The molecule has 3 heterocycles. The summed E-state index contributed by atoms with van der Waals surface area (Å²) in [6.45, 7) is 0. The van der Waals surface area contributed by atoms with Crippen molar-refractivity contribution < 1.29 is 0 Å². The van der Waals surface area contributed by atoms with Gasteiger partial charge in [-0.25, -0.2) is 9.97 Å². The summed E-state index contributed by atoms with van der Waals surface area (Å²) >= 11 is 3.36. The van der Waals surface area contributed by atoms with Gasteiger partial charge in [0.25, 0.3) is 0 Å². The molecule has 0 unspecified atom stereocenters. The summed E-state index contributed by atoms with van der Waals surface area (Å²) in [4.78, 5) is 12.9. The third kappa shape index (κ3) is 3.55. The Hall–Kier alpha value is -1.92. The lowest BCUT2D eigenvalue weighted by molar-refractivity contribution is 1.17. The molecule has 1 N–H and O–H groups in total. The van der Waals surface area contributed by atoms with Crippen LogP contribution in [0.2, 0.25) is 0 Å². The molecule has 0 bridgehead atoms. The molecule has 0 radical (unpaired) electrons. The lowest BCUT2D eigenvalue weighted by atomic mass is 10.4. The molecule has 0 aliphatic carbocycles. The molecule has 0 aliphatic heterocycles. The van der Waals surface area contributed by atoms with Gasteiger partial charge in [0, 0.05) is 18.1 Å². The molecule has 0 aromatic carbocycles. The van der Waals surface area contributed by atoms with Crippen molar-refractivity contribution in [2.24, 2.45) is 0 Å². The summed E-state index contributed by atoms with van der Waals surface area (Å²) in [6, 6.07) is 11.7. The largest absolute Gasteiger partial charge is 0.316 e. The lowest BCUT2D eigenvalue weighted by Gasteiger charge is -1.99. The number of thiazole rings is 1. The molecular weight excluding hydrogens is 288 g/mol. The molecule has 0 spiro atoms. The maximum Gasteiger partial charge on any atom is 0.189 e. The third-order valence-corrected chi connectivity index (χ3v) is 4.61. The number of nitrogens with zero attached hydrogens (tertiary/aromatic N) is 3. The molecule has 0 saturated carbocycles. The average molecular weight is 300 g/mol. The minimum atomic E-state index is 0.808. The molecule has 0 atom stereocenters. The van der Waals surface area contributed by atoms with E-state index in [0.717, 1.165) is 26.6 Å². The molecular formula is C14H12N4S2. The van der Waals surface area contributed by atoms with Crippen LogP contribution in [-0.2, 0) is 5.75 Å². The fraction of sp³-hybridized carbons (Fsp3) is 0.0714. The molecule has 3 rings (SSSR count). The van der Waals surface area contributed by atoms with Gasteiger partial charge in [-0.05, 0) is 24.3 Å². The Kier molecular flexibility index (Phi) is 4.25. The maximum absolute atomic E-state index is 4.35. The standard InChI is InChI=1S/C14H12N4S2/c1-3-7-15-11(5-1)10-19-13-9-17-14(20-13)18-12-6-2-4-8-16-12/h1-9H,10H2,(H,16,17,18). The number of thioether (sulfide) groups is 1. The van der Waals surface area contributed by atoms with Gasteiger partial charge < -0.3 is 5.32 Å². The van der Waals surface area contributed by atoms with Crippen LogP contribution in [0.25, 0.3) is 0 Å². The number of rotatable bonds is 5. The predicted octanol–water partition coefficient (Wildman–Crippen LogP) is 3.97. The van der Waals surface area contributed by atoms with Gasteiger partial charge in [-0.15, -0.1) is 11.8 Å². The van der Waals surface area contributed by atoms with E-state index in [-0.39, 0.29) is 0 Å². The van der Waals surface area contributed by atoms with Crippen LogP contribution in [0.1, 0.15) is 5.69 Å². The highest BCUT2D eigenvalue weighted by Gasteiger charge is 2.04. The number of hydrogen-bond donors (Lipinski definition) is 1. The average Bonchev–Trinajstić information content (AvgIpc) is 2.95. The summed E-state index contributed by atoms with van der Waals surface area (Å²) in [5.74, 6) is 1.66. The van der Waals surface area contributed by atoms with E-state index in [2.05, 4.69) is 20.3 Å². The van der Waals surface area contributed by atoms with Crippen LogP contribution in [-0.4, -0.2) is 15.0 Å². The van der Waals surface area contributed by atoms with Crippen molar-refractivity contribution >= 4 is 34.0 Å². The number of pyridine rings is 2. The van der Waals surface area contributed by atoms with Gasteiger partial charge in [0.2, 0.25) is 0 Å². The van der Waals surface area contributed by atoms with Crippen LogP contribution in [0.5, 0.6) is 0 Å². The molecule has 100 valence electrons. The van der Waals surface area contributed by atoms with Crippen molar-refractivity contribution in [2.45, 2.75) is 9.96 Å². The minimum Gasteiger partial charge on any atom is -0.316 e. The molecule has 20 heavy (non-hydrogen) atoms. The van der Waals surface area contributed by atoms with Crippen LogP contribution in [0.4, 0.5) is 10.9 Å². The van der Waals surface area contributed by atoms with Crippen LogP contribution in [0.3, 0.4) is 0 Å². The zero-order valence-electron chi connectivity index (χ0n) is 10.6. The van der Waals surface area contributed by atoms with Gasteiger partial charge in [-0.3, -0.25) is 4.98 Å². The summed E-state index contributed by atoms with van der Waals surface area (Å²) < 4.78 is 1.16. The number of aromatic nitrogens is 3. The zero-order valence-corrected chi connectivity index (χ0v) is 12.2. The highest BCUT2D eigenvalue weighted by atomic mass is 32.2. The zero-order chi connectivity index (χ0) is 13.6. The van der Waals surface area contributed by atoms with Crippen molar-refractivity contribution in [1.82, 2.24) is 15.0 Å². The van der Waals surface area contributed by atoms with Crippen molar-refractivity contribution in [3.63, 3.8) is 0 Å². The summed E-state index contributed by atoms with van der Waals surface area (Å²) in [5, 5.41) is 4.04.